The quantitative estimate of drug-likeness (QED) is 0.672. The molecule has 0 aliphatic carbocycles. The summed E-state index contributed by atoms with van der Waals surface area (Å²) in [6.45, 7) is 3.98. The Balaban J connectivity index is 1.61. The second kappa shape index (κ2) is 10.5. The van der Waals surface area contributed by atoms with Gasteiger partial charge >= 0.3 is 0 Å². The maximum atomic E-state index is 13.5. The molecule has 0 aromatic heterocycles. The summed E-state index contributed by atoms with van der Waals surface area (Å²) in [6.07, 6.45) is 8.10. The molecule has 4 rings (SSSR count). The van der Waals surface area contributed by atoms with Crippen molar-refractivity contribution in [2.45, 2.75) is 57.5 Å². The predicted octanol–water partition coefficient (Wildman–Crippen LogP) is 2.21. The molecule has 1 spiro atoms. The van der Waals surface area contributed by atoms with Crippen LogP contribution < -0.4 is 10.6 Å². The Morgan fingerprint density at radius 3 is 2.61 bits per heavy atom. The van der Waals surface area contributed by atoms with Gasteiger partial charge in [-0.25, -0.2) is 0 Å². The lowest BCUT2D eigenvalue weighted by atomic mass is 9.75. The first kappa shape index (κ1) is 23.5. The smallest absolute Gasteiger partial charge is 0.243 e. The molecule has 3 heterocycles. The monoisotopic (exact) mass is 453 g/mol. The van der Waals surface area contributed by atoms with E-state index in [2.05, 4.69) is 22.8 Å². The minimum absolute atomic E-state index is 0.0237. The van der Waals surface area contributed by atoms with Crippen molar-refractivity contribution >= 4 is 17.7 Å². The van der Waals surface area contributed by atoms with Crippen LogP contribution in [0.5, 0.6) is 0 Å². The molecule has 2 N–H and O–H groups in total. The highest BCUT2D eigenvalue weighted by Gasteiger charge is 2.41. The number of carbonyl (C=O) groups is 3. The second-order valence-corrected chi connectivity index (χ2v) is 9.65. The summed E-state index contributed by atoms with van der Waals surface area (Å²) in [5.74, 6) is 0.0199. The topological polar surface area (TPSA) is 87.7 Å². The number of hydrogen-bond acceptors (Lipinski definition) is 4. The van der Waals surface area contributed by atoms with Crippen molar-refractivity contribution in [3.05, 3.63) is 48.0 Å². The number of nitrogens with one attached hydrogen (secondary N) is 2. The minimum atomic E-state index is -0.644. The Morgan fingerprint density at radius 1 is 1.12 bits per heavy atom. The average molecular weight is 454 g/mol. The van der Waals surface area contributed by atoms with Gasteiger partial charge in [-0.15, -0.1) is 0 Å². The van der Waals surface area contributed by atoms with Gasteiger partial charge in [0.25, 0.3) is 0 Å². The fraction of sp³-hybridized carbons (Fsp3) is 0.577. The van der Waals surface area contributed by atoms with E-state index in [9.17, 15) is 14.4 Å². The molecule has 0 saturated carbocycles. The third-order valence-corrected chi connectivity index (χ3v) is 7.46. The van der Waals surface area contributed by atoms with Gasteiger partial charge in [-0.3, -0.25) is 14.4 Å². The maximum absolute atomic E-state index is 13.5. The minimum Gasteiger partial charge on any atom is -0.381 e. The van der Waals surface area contributed by atoms with Crippen molar-refractivity contribution in [1.82, 2.24) is 15.5 Å². The number of fused-ring (bicyclic) bond motifs is 1. The Labute approximate surface area is 195 Å². The molecule has 0 bridgehead atoms. The highest BCUT2D eigenvalue weighted by molar-refractivity contribution is 5.90. The van der Waals surface area contributed by atoms with Crippen molar-refractivity contribution in [3.8, 4) is 0 Å². The van der Waals surface area contributed by atoms with Crippen LogP contribution in [0.3, 0.4) is 0 Å². The lowest BCUT2D eigenvalue weighted by Crippen LogP contribution is -2.58. The molecular weight excluding hydrogens is 418 g/mol. The first-order valence-corrected chi connectivity index (χ1v) is 12.1. The summed E-state index contributed by atoms with van der Waals surface area (Å²) < 4.78 is 5.55. The van der Waals surface area contributed by atoms with E-state index in [-0.39, 0.29) is 29.7 Å². The molecule has 1 aromatic rings. The SMILES string of the molecule is CC(=O)N1CC[C@@H]2NC(=O)[C@@H](Cc3ccccc3)NC(=O)C3(C/C=C/C[C@@H]2C1)CCOCC3. The van der Waals surface area contributed by atoms with Crippen molar-refractivity contribution in [1.29, 1.82) is 0 Å². The first-order chi connectivity index (χ1) is 16.0. The molecule has 1 aromatic carbocycles. The van der Waals surface area contributed by atoms with Gasteiger partial charge in [0, 0.05) is 51.6 Å². The van der Waals surface area contributed by atoms with Crippen LogP contribution >= 0.6 is 0 Å². The average Bonchev–Trinajstić information content (AvgIpc) is 2.82. The van der Waals surface area contributed by atoms with E-state index in [1.54, 1.807) is 6.92 Å². The number of hydrogen-bond donors (Lipinski definition) is 2. The molecule has 7 heteroatoms. The standard InChI is InChI=1S/C26H35N3O4/c1-19(30)29-14-10-22-21(18-29)9-5-6-11-26(12-15-33-16-13-26)25(32)28-23(24(31)27-22)17-20-7-3-2-4-8-20/h2-8,21-23H,9-18H2,1H3,(H,27,31)(H,28,32)/b6-5+/t21-,22+,23-/m1/s1. The number of ether oxygens (including phenoxy) is 1. The lowest BCUT2D eigenvalue weighted by Gasteiger charge is -2.40. The zero-order valence-corrected chi connectivity index (χ0v) is 19.4. The lowest BCUT2D eigenvalue weighted by molar-refractivity contribution is -0.140. The molecule has 3 aliphatic heterocycles. The molecule has 2 fully saturated rings. The molecule has 7 nitrogen and oxygen atoms in total. The number of piperidine rings is 1. The van der Waals surface area contributed by atoms with Crippen molar-refractivity contribution in [2.24, 2.45) is 11.3 Å². The molecule has 3 amide bonds. The number of allylic oxidation sites excluding steroid dienone is 2. The fourth-order valence-corrected chi connectivity index (χ4v) is 5.27. The van der Waals surface area contributed by atoms with Gasteiger partial charge in [0.1, 0.15) is 6.04 Å². The number of rotatable bonds is 2. The van der Waals surface area contributed by atoms with Gasteiger partial charge in [0.05, 0.1) is 5.41 Å². The van der Waals surface area contributed by atoms with Crippen molar-refractivity contribution < 1.29 is 19.1 Å². The molecule has 3 aliphatic rings. The van der Waals surface area contributed by atoms with Crippen LogP contribution in [0, 0.1) is 11.3 Å². The number of nitrogens with zero attached hydrogens (tertiary/aromatic N) is 1. The van der Waals surface area contributed by atoms with Gasteiger partial charge in [-0.2, -0.15) is 0 Å². The van der Waals surface area contributed by atoms with Crippen LogP contribution in [0.4, 0.5) is 0 Å². The van der Waals surface area contributed by atoms with E-state index in [1.165, 1.54) is 0 Å². The van der Waals surface area contributed by atoms with Crippen LogP contribution in [0.25, 0.3) is 0 Å². The van der Waals surface area contributed by atoms with Crippen LogP contribution in [0.15, 0.2) is 42.5 Å². The van der Waals surface area contributed by atoms with Crippen molar-refractivity contribution in [2.75, 3.05) is 26.3 Å². The van der Waals surface area contributed by atoms with Crippen LogP contribution in [-0.2, 0) is 25.5 Å². The summed E-state index contributed by atoms with van der Waals surface area (Å²) in [7, 11) is 0. The zero-order chi connectivity index (χ0) is 23.3. The molecule has 33 heavy (non-hydrogen) atoms. The summed E-state index contributed by atoms with van der Waals surface area (Å²) in [5.41, 5.74) is 0.453. The largest absolute Gasteiger partial charge is 0.381 e. The highest BCUT2D eigenvalue weighted by atomic mass is 16.5. The third-order valence-electron chi connectivity index (χ3n) is 7.46. The summed E-state index contributed by atoms with van der Waals surface area (Å²) in [6, 6.07) is 9.14. The second-order valence-electron chi connectivity index (χ2n) is 9.65. The molecule has 0 radical (unpaired) electrons. The highest BCUT2D eigenvalue weighted by Crippen LogP contribution is 2.36. The van der Waals surface area contributed by atoms with E-state index >= 15 is 0 Å². The van der Waals surface area contributed by atoms with E-state index in [0.717, 1.165) is 18.4 Å². The third kappa shape index (κ3) is 5.64. The Morgan fingerprint density at radius 2 is 1.88 bits per heavy atom. The van der Waals surface area contributed by atoms with Gasteiger partial charge < -0.3 is 20.3 Å². The van der Waals surface area contributed by atoms with Gasteiger partial charge in [-0.1, -0.05) is 42.5 Å². The van der Waals surface area contributed by atoms with Gasteiger partial charge in [-0.05, 0) is 37.7 Å². The molecule has 3 atom stereocenters. The summed E-state index contributed by atoms with van der Waals surface area (Å²) in [5, 5.41) is 6.34. The summed E-state index contributed by atoms with van der Waals surface area (Å²) >= 11 is 0. The molecule has 0 unspecified atom stereocenters. The fourth-order valence-electron chi connectivity index (χ4n) is 5.27. The van der Waals surface area contributed by atoms with Gasteiger partial charge in [0.2, 0.25) is 17.7 Å². The number of benzene rings is 1. The van der Waals surface area contributed by atoms with Crippen molar-refractivity contribution in [3.63, 3.8) is 0 Å². The van der Waals surface area contributed by atoms with Crippen LogP contribution in [0.1, 0.15) is 44.6 Å². The Bertz CT molecular complexity index is 879. The number of amides is 3. The molecular formula is C26H35N3O4. The Hall–Kier alpha value is -2.67. The predicted molar refractivity (Wildman–Crippen MR) is 125 cm³/mol. The van der Waals surface area contributed by atoms with E-state index in [4.69, 9.17) is 4.74 Å². The Kier molecular flexibility index (Phi) is 7.48. The molecule has 2 saturated heterocycles. The van der Waals surface area contributed by atoms with Gasteiger partial charge in [0.15, 0.2) is 0 Å². The van der Waals surface area contributed by atoms with Crippen LogP contribution in [-0.4, -0.2) is 61.0 Å². The normalized spacial score (nSPS) is 29.1. The first-order valence-electron chi connectivity index (χ1n) is 12.1. The van der Waals surface area contributed by atoms with E-state index < -0.39 is 11.5 Å². The molecule has 178 valence electrons. The number of carbonyl (C=O) groups excluding carboxylic acids is 3. The van der Waals surface area contributed by atoms with E-state index in [0.29, 0.717) is 52.0 Å². The number of likely N-dealkylation sites (tertiary alicyclic amines) is 1. The zero-order valence-electron chi connectivity index (χ0n) is 19.4. The van der Waals surface area contributed by atoms with Crippen LogP contribution in [0.2, 0.25) is 0 Å². The van der Waals surface area contributed by atoms with E-state index in [1.807, 2.05) is 35.2 Å². The summed E-state index contributed by atoms with van der Waals surface area (Å²) in [4.78, 5) is 40.8. The maximum Gasteiger partial charge on any atom is 0.243 e.